The van der Waals surface area contributed by atoms with Crippen LogP contribution in [-0.2, 0) is 16.0 Å². The van der Waals surface area contributed by atoms with Gasteiger partial charge >= 0.3 is 0 Å². The molecule has 5 heteroatoms. The van der Waals surface area contributed by atoms with Crippen molar-refractivity contribution in [3.8, 4) is 0 Å². The first-order chi connectivity index (χ1) is 9.68. The molecule has 0 spiro atoms. The van der Waals surface area contributed by atoms with Gasteiger partial charge in [-0.2, -0.15) is 11.8 Å². The highest BCUT2D eigenvalue weighted by Crippen LogP contribution is 2.26. The van der Waals surface area contributed by atoms with Crippen molar-refractivity contribution < 1.29 is 9.59 Å². The normalized spacial score (nSPS) is 26.6. The summed E-state index contributed by atoms with van der Waals surface area (Å²) in [6, 6.07) is 9.28. The largest absolute Gasteiger partial charge is 0.332 e. The number of benzene rings is 1. The predicted octanol–water partition coefficient (Wildman–Crippen LogP) is 1.01. The molecule has 4 nitrogen and oxygen atoms in total. The maximum absolute atomic E-state index is 12.6. The second-order valence-electron chi connectivity index (χ2n) is 5.28. The van der Waals surface area contributed by atoms with Crippen molar-refractivity contribution in [1.29, 1.82) is 0 Å². The Bertz CT molecular complexity index is 520. The van der Waals surface area contributed by atoms with Gasteiger partial charge in [-0.1, -0.05) is 30.3 Å². The Kier molecular flexibility index (Phi) is 3.70. The molecule has 2 heterocycles. The van der Waals surface area contributed by atoms with Crippen LogP contribution in [0.2, 0.25) is 0 Å². The van der Waals surface area contributed by atoms with Crippen LogP contribution in [0.3, 0.4) is 0 Å². The molecule has 2 aliphatic heterocycles. The molecule has 0 aliphatic carbocycles. The molecule has 2 aliphatic rings. The SMILES string of the molecule is CN1C(=O)[C@@H]2CSCCN2C(=O)[C@H]1Cc1ccccc1. The number of nitrogens with zero attached hydrogens (tertiary/aromatic N) is 2. The summed E-state index contributed by atoms with van der Waals surface area (Å²) in [5.41, 5.74) is 1.09. The van der Waals surface area contributed by atoms with Gasteiger partial charge < -0.3 is 9.80 Å². The molecular formula is C15H18N2O2S. The molecule has 0 bridgehead atoms. The van der Waals surface area contributed by atoms with Gasteiger partial charge in [0.1, 0.15) is 12.1 Å². The summed E-state index contributed by atoms with van der Waals surface area (Å²) < 4.78 is 0. The third-order valence-electron chi connectivity index (χ3n) is 4.07. The van der Waals surface area contributed by atoms with E-state index in [-0.39, 0.29) is 23.9 Å². The van der Waals surface area contributed by atoms with E-state index in [0.29, 0.717) is 13.0 Å². The van der Waals surface area contributed by atoms with Gasteiger partial charge in [0.05, 0.1) is 0 Å². The second-order valence-corrected chi connectivity index (χ2v) is 6.43. The topological polar surface area (TPSA) is 40.6 Å². The minimum absolute atomic E-state index is 0.0812. The van der Waals surface area contributed by atoms with E-state index in [1.54, 1.807) is 28.6 Å². The quantitative estimate of drug-likeness (QED) is 0.816. The Morgan fingerprint density at radius 2 is 1.95 bits per heavy atom. The smallest absolute Gasteiger partial charge is 0.246 e. The Morgan fingerprint density at radius 1 is 1.20 bits per heavy atom. The van der Waals surface area contributed by atoms with Crippen molar-refractivity contribution in [3.63, 3.8) is 0 Å². The van der Waals surface area contributed by atoms with Gasteiger partial charge in [0, 0.05) is 31.5 Å². The molecule has 0 radical (unpaired) electrons. The highest BCUT2D eigenvalue weighted by Gasteiger charge is 2.45. The van der Waals surface area contributed by atoms with Gasteiger partial charge in [-0.15, -0.1) is 0 Å². The molecule has 2 saturated heterocycles. The summed E-state index contributed by atoms with van der Waals surface area (Å²) in [6.45, 7) is 0.693. The summed E-state index contributed by atoms with van der Waals surface area (Å²) in [5.74, 6) is 1.84. The van der Waals surface area contributed by atoms with Crippen LogP contribution in [-0.4, -0.2) is 58.8 Å². The van der Waals surface area contributed by atoms with Crippen LogP contribution in [0.25, 0.3) is 0 Å². The van der Waals surface area contributed by atoms with Crippen LogP contribution in [0.5, 0.6) is 0 Å². The van der Waals surface area contributed by atoms with Crippen LogP contribution in [0.1, 0.15) is 5.56 Å². The molecule has 2 fully saturated rings. The lowest BCUT2D eigenvalue weighted by molar-refractivity contribution is -0.159. The number of rotatable bonds is 2. The van der Waals surface area contributed by atoms with Crippen molar-refractivity contribution in [3.05, 3.63) is 35.9 Å². The van der Waals surface area contributed by atoms with Crippen molar-refractivity contribution in [1.82, 2.24) is 9.80 Å². The Morgan fingerprint density at radius 3 is 2.70 bits per heavy atom. The zero-order valence-corrected chi connectivity index (χ0v) is 12.3. The third kappa shape index (κ3) is 2.30. The number of hydrogen-bond acceptors (Lipinski definition) is 3. The zero-order valence-electron chi connectivity index (χ0n) is 11.5. The van der Waals surface area contributed by atoms with Gasteiger partial charge in [0.25, 0.3) is 0 Å². The summed E-state index contributed by atoms with van der Waals surface area (Å²) in [5, 5.41) is 0. The fourth-order valence-corrected chi connectivity index (χ4v) is 3.92. The van der Waals surface area contributed by atoms with Crippen molar-refractivity contribution >= 4 is 23.6 Å². The van der Waals surface area contributed by atoms with Gasteiger partial charge in [0.15, 0.2) is 0 Å². The molecule has 3 rings (SSSR count). The molecule has 1 aromatic rings. The lowest BCUT2D eigenvalue weighted by Gasteiger charge is -2.45. The number of carbonyl (C=O) groups excluding carboxylic acids is 2. The first-order valence-electron chi connectivity index (χ1n) is 6.87. The van der Waals surface area contributed by atoms with E-state index in [2.05, 4.69) is 0 Å². The van der Waals surface area contributed by atoms with E-state index >= 15 is 0 Å². The number of likely N-dealkylation sites (N-methyl/N-ethyl adjacent to an activating group) is 1. The molecule has 0 unspecified atom stereocenters. The van der Waals surface area contributed by atoms with Gasteiger partial charge in [-0.05, 0) is 5.56 Å². The molecule has 0 aromatic heterocycles. The molecular weight excluding hydrogens is 272 g/mol. The average molecular weight is 290 g/mol. The fraction of sp³-hybridized carbons (Fsp3) is 0.467. The number of amides is 2. The highest BCUT2D eigenvalue weighted by molar-refractivity contribution is 7.99. The minimum atomic E-state index is -0.357. The zero-order chi connectivity index (χ0) is 14.1. The van der Waals surface area contributed by atoms with E-state index in [0.717, 1.165) is 17.1 Å². The summed E-state index contributed by atoms with van der Waals surface area (Å²) in [6.07, 6.45) is 0.596. The van der Waals surface area contributed by atoms with Gasteiger partial charge in [0.2, 0.25) is 11.8 Å². The Hall–Kier alpha value is -1.49. The highest BCUT2D eigenvalue weighted by atomic mass is 32.2. The third-order valence-corrected chi connectivity index (χ3v) is 5.09. The lowest BCUT2D eigenvalue weighted by atomic mass is 9.99. The fourth-order valence-electron chi connectivity index (χ4n) is 2.88. The van der Waals surface area contributed by atoms with Crippen LogP contribution in [0, 0.1) is 0 Å². The van der Waals surface area contributed by atoms with Crippen LogP contribution in [0.15, 0.2) is 30.3 Å². The first-order valence-corrected chi connectivity index (χ1v) is 8.03. The lowest BCUT2D eigenvalue weighted by Crippen LogP contribution is -2.66. The molecule has 0 N–H and O–H groups in total. The number of hydrogen-bond donors (Lipinski definition) is 0. The van der Waals surface area contributed by atoms with E-state index < -0.39 is 0 Å². The molecule has 20 heavy (non-hydrogen) atoms. The van der Waals surface area contributed by atoms with E-state index in [9.17, 15) is 9.59 Å². The van der Waals surface area contributed by atoms with Crippen molar-refractivity contribution in [2.75, 3.05) is 25.1 Å². The summed E-state index contributed by atoms with van der Waals surface area (Å²) >= 11 is 1.75. The van der Waals surface area contributed by atoms with Crippen LogP contribution < -0.4 is 0 Å². The predicted molar refractivity (Wildman–Crippen MR) is 79.5 cm³/mol. The maximum Gasteiger partial charge on any atom is 0.246 e. The number of piperazine rings is 1. The van der Waals surface area contributed by atoms with Crippen LogP contribution in [0.4, 0.5) is 0 Å². The number of fused-ring (bicyclic) bond motifs is 1. The second kappa shape index (κ2) is 5.48. The number of thioether (sulfide) groups is 1. The van der Waals surface area contributed by atoms with Gasteiger partial charge in [-0.3, -0.25) is 9.59 Å². The average Bonchev–Trinajstić information content (AvgIpc) is 2.50. The Balaban J connectivity index is 1.83. The number of carbonyl (C=O) groups is 2. The molecule has 0 saturated carbocycles. The van der Waals surface area contributed by atoms with E-state index in [1.165, 1.54) is 0 Å². The van der Waals surface area contributed by atoms with Crippen molar-refractivity contribution in [2.45, 2.75) is 18.5 Å². The standard InChI is InChI=1S/C15H18N2O2S/c1-16-12(9-11-5-3-2-4-6-11)15(19)17-7-8-20-10-13(17)14(16)18/h2-6,12-13H,7-10H2,1H3/t12-,13+/m1/s1. The molecule has 2 amide bonds. The summed E-state index contributed by atoms with van der Waals surface area (Å²) in [4.78, 5) is 28.5. The Labute approximate surface area is 123 Å². The maximum atomic E-state index is 12.6. The van der Waals surface area contributed by atoms with E-state index in [4.69, 9.17) is 0 Å². The molecule has 106 valence electrons. The van der Waals surface area contributed by atoms with E-state index in [1.807, 2.05) is 30.3 Å². The first kappa shape index (κ1) is 13.5. The summed E-state index contributed by atoms with van der Waals surface area (Å²) in [7, 11) is 1.75. The van der Waals surface area contributed by atoms with Crippen LogP contribution >= 0.6 is 11.8 Å². The van der Waals surface area contributed by atoms with Crippen molar-refractivity contribution in [2.24, 2.45) is 0 Å². The molecule has 2 atom stereocenters. The monoisotopic (exact) mass is 290 g/mol. The van der Waals surface area contributed by atoms with Gasteiger partial charge in [-0.25, -0.2) is 0 Å². The minimum Gasteiger partial charge on any atom is -0.332 e. The molecule has 1 aromatic carbocycles.